The molecule has 0 aliphatic heterocycles. The summed E-state index contributed by atoms with van der Waals surface area (Å²) in [6.45, 7) is 12.6. The van der Waals surface area contributed by atoms with Crippen molar-refractivity contribution in [2.75, 3.05) is 0 Å². The maximum absolute atomic E-state index is 14.3. The largest absolute Gasteiger partial charge is 0.508 e. The number of aryl methyl sites for hydroxylation is 2. The van der Waals surface area contributed by atoms with E-state index in [0.717, 1.165) is 12.5 Å². The minimum atomic E-state index is -2.87. The van der Waals surface area contributed by atoms with E-state index in [1.54, 1.807) is 47.6 Å². The Hall–Kier alpha value is -2.97. The predicted octanol–water partition coefficient (Wildman–Crippen LogP) is 3.34. The zero-order valence-corrected chi connectivity index (χ0v) is 21.8. The van der Waals surface area contributed by atoms with E-state index in [4.69, 9.17) is 0 Å². The Kier molecular flexibility index (Phi) is 5.45. The number of ketones is 3. The van der Waals surface area contributed by atoms with Crippen LogP contribution in [0, 0.1) is 36.5 Å². The van der Waals surface area contributed by atoms with Crippen LogP contribution in [0.2, 0.25) is 0 Å². The highest BCUT2D eigenvalue weighted by Gasteiger charge is 2.77. The third kappa shape index (κ3) is 2.59. The Balaban J connectivity index is 2.21. The summed E-state index contributed by atoms with van der Waals surface area (Å²) in [4.78, 5) is 40.3. The maximum atomic E-state index is 14.3. The molecule has 0 bridgehead atoms. The Labute approximate surface area is 210 Å². The van der Waals surface area contributed by atoms with Crippen LogP contribution in [0.15, 0.2) is 23.0 Å². The Bertz CT molecular complexity index is 1320. The van der Waals surface area contributed by atoms with Gasteiger partial charge in [0.05, 0.1) is 17.2 Å². The van der Waals surface area contributed by atoms with Crippen LogP contribution in [0.25, 0.3) is 5.76 Å². The molecule has 194 valence electrons. The smallest absolute Gasteiger partial charge is 0.203 e. The van der Waals surface area contributed by atoms with Crippen LogP contribution in [0.5, 0.6) is 5.75 Å². The number of aliphatic hydroxyl groups excluding tert-OH is 3. The highest BCUT2D eigenvalue weighted by Crippen LogP contribution is 2.67. The number of benzene rings is 1. The highest BCUT2D eigenvalue weighted by atomic mass is 16.4. The van der Waals surface area contributed by atoms with Crippen molar-refractivity contribution in [1.29, 1.82) is 0 Å². The van der Waals surface area contributed by atoms with E-state index < -0.39 is 74.7 Å². The molecular weight excluding hydrogens is 464 g/mol. The second-order valence-corrected chi connectivity index (χ2v) is 11.5. The molecule has 1 aromatic rings. The van der Waals surface area contributed by atoms with Gasteiger partial charge >= 0.3 is 0 Å². The van der Waals surface area contributed by atoms with Gasteiger partial charge in [0.2, 0.25) is 5.78 Å². The minimum absolute atomic E-state index is 0.0304. The van der Waals surface area contributed by atoms with E-state index in [1.165, 1.54) is 6.92 Å². The summed E-state index contributed by atoms with van der Waals surface area (Å²) < 4.78 is 0. The van der Waals surface area contributed by atoms with Crippen molar-refractivity contribution in [2.45, 2.75) is 73.0 Å². The molecule has 0 aromatic heterocycles. The molecule has 8 nitrogen and oxygen atoms in total. The molecule has 3 aliphatic rings. The van der Waals surface area contributed by atoms with Gasteiger partial charge in [0.15, 0.2) is 17.2 Å². The van der Waals surface area contributed by atoms with Crippen LogP contribution in [-0.4, -0.2) is 54.6 Å². The summed E-state index contributed by atoms with van der Waals surface area (Å²) in [5.41, 5.74) is -5.61. The molecule has 0 spiro atoms. The molecule has 3 aliphatic carbocycles. The lowest BCUT2D eigenvalue weighted by Gasteiger charge is -2.63. The van der Waals surface area contributed by atoms with Crippen molar-refractivity contribution in [3.05, 3.63) is 45.2 Å². The fourth-order valence-electron chi connectivity index (χ4n) is 7.48. The van der Waals surface area contributed by atoms with Gasteiger partial charge in [0.25, 0.3) is 0 Å². The molecule has 1 saturated carbocycles. The second-order valence-electron chi connectivity index (χ2n) is 11.5. The molecular formula is C28H34O8. The molecule has 1 unspecified atom stereocenters. The second kappa shape index (κ2) is 7.52. The van der Waals surface area contributed by atoms with Crippen LogP contribution in [0.3, 0.4) is 0 Å². The summed E-state index contributed by atoms with van der Waals surface area (Å²) >= 11 is 0. The fourth-order valence-corrected chi connectivity index (χ4v) is 7.48. The van der Waals surface area contributed by atoms with Crippen LogP contribution < -0.4 is 0 Å². The van der Waals surface area contributed by atoms with Gasteiger partial charge in [-0.2, -0.15) is 0 Å². The topological polar surface area (TPSA) is 152 Å². The first kappa shape index (κ1) is 26.1. The quantitative estimate of drug-likeness (QED) is 0.389. The molecule has 8 heteroatoms. The van der Waals surface area contributed by atoms with E-state index in [1.807, 2.05) is 0 Å². The first-order chi connectivity index (χ1) is 16.4. The average molecular weight is 499 g/mol. The number of fused-ring (bicyclic) bond motifs is 3. The number of hydrogen-bond donors (Lipinski definition) is 5. The SMILES string of the molecule is CC(=O)C1=C(O)[C@]2(O)C(=O)C3=C(O)c4c(O)c(C)cc(C)c4[C@@H](C)[C@]3(C)[C@@H](O)[C@]2(C)C(C(C)C)C1=O. The zero-order chi connectivity index (χ0) is 27.4. The van der Waals surface area contributed by atoms with E-state index in [0.29, 0.717) is 11.1 Å². The van der Waals surface area contributed by atoms with Gasteiger partial charge in [-0.1, -0.05) is 40.7 Å². The average Bonchev–Trinajstić information content (AvgIpc) is 2.76. The summed E-state index contributed by atoms with van der Waals surface area (Å²) in [5.74, 6) is -7.01. The van der Waals surface area contributed by atoms with Crippen molar-refractivity contribution in [3.63, 3.8) is 0 Å². The molecule has 1 aromatic carbocycles. The monoisotopic (exact) mass is 498 g/mol. The number of carbonyl (C=O) groups is 3. The number of carbonyl (C=O) groups excluding carboxylic acids is 3. The summed E-state index contributed by atoms with van der Waals surface area (Å²) in [7, 11) is 0. The molecule has 5 N–H and O–H groups in total. The molecule has 0 radical (unpaired) electrons. The van der Waals surface area contributed by atoms with Gasteiger partial charge in [-0.15, -0.1) is 0 Å². The Morgan fingerprint density at radius 3 is 2.11 bits per heavy atom. The van der Waals surface area contributed by atoms with Crippen molar-refractivity contribution in [2.24, 2.45) is 22.7 Å². The van der Waals surface area contributed by atoms with Crippen LogP contribution in [-0.2, 0) is 14.4 Å². The van der Waals surface area contributed by atoms with Crippen molar-refractivity contribution in [3.8, 4) is 5.75 Å². The summed E-state index contributed by atoms with van der Waals surface area (Å²) in [6, 6.07) is 1.75. The third-order valence-electron chi connectivity index (χ3n) is 9.33. The van der Waals surface area contributed by atoms with E-state index >= 15 is 0 Å². The maximum Gasteiger partial charge on any atom is 0.203 e. The number of aromatic hydroxyl groups is 1. The van der Waals surface area contributed by atoms with Crippen molar-refractivity contribution in [1.82, 2.24) is 0 Å². The van der Waals surface area contributed by atoms with Gasteiger partial charge in [-0.05, 0) is 49.3 Å². The van der Waals surface area contributed by atoms with Gasteiger partial charge < -0.3 is 25.5 Å². The first-order valence-electron chi connectivity index (χ1n) is 12.1. The summed E-state index contributed by atoms with van der Waals surface area (Å²) in [6.07, 6.45) is -1.62. The standard InChI is InChI=1S/C28H34O8/c1-10(2)18-21(31)16(14(6)29)23(33)28(36)24(34)19-22(32)17-15(11(3)9-12(4)20(17)30)13(5)26(19,7)25(35)27(18,28)8/h9-10,13,18,25,30,32-33,35-36H,1-8H3/t13-,18?,25-,26+,27+,28+/m1/s1. The number of allylic oxidation sites excluding steroid dienone is 1. The number of hydrogen-bond acceptors (Lipinski definition) is 8. The van der Waals surface area contributed by atoms with Crippen molar-refractivity contribution < 1.29 is 39.9 Å². The van der Waals surface area contributed by atoms with Gasteiger partial charge in [0.1, 0.15) is 22.8 Å². The summed E-state index contributed by atoms with van der Waals surface area (Å²) in [5, 5.41) is 57.7. The van der Waals surface area contributed by atoms with Gasteiger partial charge in [0, 0.05) is 16.7 Å². The lowest BCUT2D eigenvalue weighted by atomic mass is 9.40. The predicted molar refractivity (Wildman–Crippen MR) is 131 cm³/mol. The number of Topliss-reactive ketones (excluding diaryl/α,β-unsaturated/α-hetero) is 3. The van der Waals surface area contributed by atoms with E-state index in [9.17, 15) is 39.9 Å². The Morgan fingerprint density at radius 2 is 1.61 bits per heavy atom. The molecule has 1 fully saturated rings. The zero-order valence-electron chi connectivity index (χ0n) is 21.8. The minimum Gasteiger partial charge on any atom is -0.508 e. The molecule has 0 amide bonds. The fraction of sp³-hybridized carbons (Fsp3) is 0.536. The first-order valence-corrected chi connectivity index (χ1v) is 12.1. The van der Waals surface area contributed by atoms with E-state index in [-0.39, 0.29) is 16.9 Å². The third-order valence-corrected chi connectivity index (χ3v) is 9.33. The molecule has 4 rings (SSSR count). The number of rotatable bonds is 2. The van der Waals surface area contributed by atoms with Gasteiger partial charge in [-0.25, -0.2) is 0 Å². The molecule has 0 saturated heterocycles. The lowest BCUT2D eigenvalue weighted by Crippen LogP contribution is -2.75. The van der Waals surface area contributed by atoms with Crippen LogP contribution in [0.4, 0.5) is 0 Å². The van der Waals surface area contributed by atoms with Crippen LogP contribution >= 0.6 is 0 Å². The molecule has 36 heavy (non-hydrogen) atoms. The molecule has 0 heterocycles. The number of aliphatic hydroxyl groups is 4. The molecule has 6 atom stereocenters. The lowest BCUT2D eigenvalue weighted by molar-refractivity contribution is -0.215. The van der Waals surface area contributed by atoms with Crippen molar-refractivity contribution >= 4 is 23.1 Å². The van der Waals surface area contributed by atoms with Gasteiger partial charge in [-0.3, -0.25) is 14.4 Å². The van der Waals surface area contributed by atoms with E-state index in [2.05, 4.69) is 0 Å². The number of phenolic OH excluding ortho intramolecular Hbond substituents is 1. The highest BCUT2D eigenvalue weighted by molar-refractivity contribution is 6.24. The number of phenols is 1. The Morgan fingerprint density at radius 1 is 1.06 bits per heavy atom. The normalized spacial score (nSPS) is 36.1. The van der Waals surface area contributed by atoms with Crippen LogP contribution in [0.1, 0.15) is 69.7 Å².